The molecule has 0 aromatic heterocycles. The molecule has 0 spiro atoms. The molecule has 3 unspecified atom stereocenters. The Bertz CT molecular complexity index is 1030. The van der Waals surface area contributed by atoms with Crippen molar-refractivity contribution in [3.8, 4) is 0 Å². The van der Waals surface area contributed by atoms with E-state index in [0.717, 1.165) is 31.8 Å². The first-order chi connectivity index (χ1) is 14.6. The average Bonchev–Trinajstić information content (AvgIpc) is 2.75. The number of anilines is 1. The smallest absolute Gasteiger partial charge is 0.361 e. The zero-order chi connectivity index (χ0) is 21.1. The van der Waals surface area contributed by atoms with Gasteiger partial charge in [0.15, 0.2) is 12.7 Å². The maximum absolute atomic E-state index is 12.6. The molecule has 1 heterocycles. The van der Waals surface area contributed by atoms with Crippen LogP contribution in [0.5, 0.6) is 0 Å². The number of carbonyl (C=O) groups excluding carboxylic acids is 1. The van der Waals surface area contributed by atoms with Gasteiger partial charge in [0.2, 0.25) is 0 Å². The van der Waals surface area contributed by atoms with Crippen molar-refractivity contribution in [2.45, 2.75) is 19.1 Å². The number of ether oxygens (including phenoxy) is 1. The topological polar surface area (TPSA) is 42.8 Å². The zero-order valence-electron chi connectivity index (χ0n) is 16.6. The van der Waals surface area contributed by atoms with E-state index in [0.29, 0.717) is 11.6 Å². The van der Waals surface area contributed by atoms with E-state index in [9.17, 15) is 4.79 Å². The van der Waals surface area contributed by atoms with Gasteiger partial charge in [-0.25, -0.2) is 4.79 Å². The molecular formula is C24H23BrClN2O2+. The summed E-state index contributed by atoms with van der Waals surface area (Å²) >= 11 is 9.74. The molecule has 3 aromatic carbocycles. The third kappa shape index (κ3) is 4.38. The van der Waals surface area contributed by atoms with Crippen molar-refractivity contribution >= 4 is 39.2 Å². The number of rotatable bonds is 5. The van der Waals surface area contributed by atoms with Gasteiger partial charge in [0, 0.05) is 31.9 Å². The van der Waals surface area contributed by atoms with Crippen LogP contribution in [0.4, 0.5) is 5.69 Å². The first-order valence-electron chi connectivity index (χ1n) is 9.94. The van der Waals surface area contributed by atoms with Crippen LogP contribution in [0.15, 0.2) is 77.3 Å². The van der Waals surface area contributed by atoms with Crippen molar-refractivity contribution in [3.05, 3.63) is 99.0 Å². The first kappa shape index (κ1) is 20.9. The molecule has 3 aromatic rings. The van der Waals surface area contributed by atoms with Crippen LogP contribution in [0.2, 0.25) is 5.02 Å². The summed E-state index contributed by atoms with van der Waals surface area (Å²) in [4.78, 5) is 13.7. The van der Waals surface area contributed by atoms with Crippen molar-refractivity contribution in [3.63, 3.8) is 0 Å². The lowest BCUT2D eigenvalue weighted by atomic mass is 9.91. The van der Waals surface area contributed by atoms with Crippen molar-refractivity contribution in [2.24, 2.45) is 0 Å². The van der Waals surface area contributed by atoms with Crippen LogP contribution < -0.4 is 10.2 Å². The fourth-order valence-electron chi connectivity index (χ4n) is 4.09. The maximum atomic E-state index is 12.6. The summed E-state index contributed by atoms with van der Waals surface area (Å²) in [6, 6.07) is 24.3. The molecule has 0 saturated heterocycles. The maximum Gasteiger partial charge on any atom is 0.361 e. The highest BCUT2D eigenvalue weighted by atomic mass is 79.9. The molecule has 3 atom stereocenters. The Morgan fingerprint density at radius 2 is 1.80 bits per heavy atom. The van der Waals surface area contributed by atoms with Crippen LogP contribution in [0.25, 0.3) is 0 Å². The van der Waals surface area contributed by atoms with E-state index in [1.54, 1.807) is 0 Å². The highest BCUT2D eigenvalue weighted by Gasteiger charge is 2.41. The minimum absolute atomic E-state index is 0.0370. The molecule has 0 fully saturated rings. The first-order valence-corrected chi connectivity index (χ1v) is 11.1. The minimum atomic E-state index is -0.215. The number of halogens is 2. The van der Waals surface area contributed by atoms with Gasteiger partial charge in [0.25, 0.3) is 0 Å². The van der Waals surface area contributed by atoms with Crippen molar-refractivity contribution < 1.29 is 14.4 Å². The molecule has 6 heteroatoms. The van der Waals surface area contributed by atoms with E-state index < -0.39 is 0 Å². The third-order valence-electron chi connectivity index (χ3n) is 5.36. The summed E-state index contributed by atoms with van der Waals surface area (Å²) in [5.41, 5.74) is 4.41. The summed E-state index contributed by atoms with van der Waals surface area (Å²) in [6.45, 7) is 2.43. The third-order valence-corrected chi connectivity index (χ3v) is 6.10. The van der Waals surface area contributed by atoms with Gasteiger partial charge >= 0.3 is 5.97 Å². The lowest BCUT2D eigenvalue weighted by Gasteiger charge is -2.41. The molecule has 4 nitrogen and oxygen atoms in total. The van der Waals surface area contributed by atoms with Gasteiger partial charge in [-0.2, -0.15) is 0 Å². The molecule has 0 amide bonds. The number of carbonyl (C=O) groups is 1. The second kappa shape index (κ2) is 9.21. The lowest BCUT2D eigenvalue weighted by molar-refractivity contribution is -0.947. The Balaban J connectivity index is 1.86. The van der Waals surface area contributed by atoms with Crippen LogP contribution in [-0.4, -0.2) is 19.1 Å². The average molecular weight is 487 g/mol. The largest absolute Gasteiger partial charge is 0.462 e. The molecule has 2 N–H and O–H groups in total. The number of nitrogens with one attached hydrogen (secondary N) is 2. The number of fused-ring (bicyclic) bond motifs is 1. The van der Waals surface area contributed by atoms with E-state index in [2.05, 4.69) is 45.5 Å². The lowest BCUT2D eigenvalue weighted by Crippen LogP contribution is -3.15. The van der Waals surface area contributed by atoms with Crippen LogP contribution in [0, 0.1) is 0 Å². The van der Waals surface area contributed by atoms with Gasteiger partial charge in [-0.15, -0.1) is 0 Å². The number of hydrogen-bond donors (Lipinski definition) is 2. The van der Waals surface area contributed by atoms with Gasteiger partial charge in [-0.05, 0) is 49.4 Å². The molecule has 0 bridgehead atoms. The second-order valence-electron chi connectivity index (χ2n) is 7.26. The fraction of sp³-hybridized carbons (Fsp3) is 0.208. The minimum Gasteiger partial charge on any atom is -0.462 e. The normalized spacial score (nSPS) is 20.2. The van der Waals surface area contributed by atoms with Gasteiger partial charge in [-0.1, -0.05) is 57.9 Å². The molecule has 0 saturated carbocycles. The highest BCUT2D eigenvalue weighted by molar-refractivity contribution is 9.10. The predicted molar refractivity (Wildman–Crippen MR) is 123 cm³/mol. The Morgan fingerprint density at radius 3 is 2.50 bits per heavy atom. The SMILES string of the molecule is CCOC(=O)C[NH+]1C(c2ccc(Cl)cc2)Nc2ccc(Br)cc2C1c1ccccc1. The molecule has 4 rings (SSSR count). The zero-order valence-corrected chi connectivity index (χ0v) is 18.9. The molecule has 154 valence electrons. The molecule has 0 radical (unpaired) electrons. The van der Waals surface area contributed by atoms with E-state index in [4.69, 9.17) is 16.3 Å². The Morgan fingerprint density at radius 1 is 1.07 bits per heavy atom. The summed E-state index contributed by atoms with van der Waals surface area (Å²) in [6.07, 6.45) is -0.134. The monoisotopic (exact) mass is 485 g/mol. The van der Waals surface area contributed by atoms with E-state index >= 15 is 0 Å². The number of esters is 1. The standard InChI is InChI=1S/C24H22BrClN2O2/c1-2-30-22(29)15-28-23(16-6-4-3-5-7-16)20-14-18(25)10-13-21(20)27-24(28)17-8-11-19(26)12-9-17/h3-14,23-24,27H,2,15H2,1H3/p+1. The molecular weight excluding hydrogens is 464 g/mol. The summed E-state index contributed by atoms with van der Waals surface area (Å²) in [5, 5.41) is 4.33. The fourth-order valence-corrected chi connectivity index (χ4v) is 4.60. The van der Waals surface area contributed by atoms with Crippen LogP contribution >= 0.6 is 27.5 Å². The van der Waals surface area contributed by atoms with Crippen LogP contribution in [-0.2, 0) is 9.53 Å². The van der Waals surface area contributed by atoms with Crippen molar-refractivity contribution in [1.82, 2.24) is 0 Å². The Kier molecular flexibility index (Phi) is 6.42. The van der Waals surface area contributed by atoms with Gasteiger partial charge < -0.3 is 10.1 Å². The van der Waals surface area contributed by atoms with E-state index in [-0.39, 0.29) is 24.7 Å². The molecule has 1 aliphatic heterocycles. The van der Waals surface area contributed by atoms with Gasteiger partial charge in [0.05, 0.1) is 6.61 Å². The molecule has 1 aliphatic rings. The predicted octanol–water partition coefficient (Wildman–Crippen LogP) is 4.76. The number of hydrogen-bond acceptors (Lipinski definition) is 3. The van der Waals surface area contributed by atoms with Crippen molar-refractivity contribution in [1.29, 1.82) is 0 Å². The van der Waals surface area contributed by atoms with Crippen LogP contribution in [0.1, 0.15) is 35.8 Å². The van der Waals surface area contributed by atoms with Crippen LogP contribution in [0.3, 0.4) is 0 Å². The number of quaternary nitrogens is 1. The summed E-state index contributed by atoms with van der Waals surface area (Å²) in [5.74, 6) is -0.215. The van der Waals surface area contributed by atoms with Gasteiger partial charge in [-0.3, -0.25) is 4.90 Å². The van der Waals surface area contributed by atoms with Gasteiger partial charge in [0.1, 0.15) is 6.04 Å². The van der Waals surface area contributed by atoms with E-state index in [1.807, 2.05) is 55.5 Å². The molecule has 0 aliphatic carbocycles. The molecule has 30 heavy (non-hydrogen) atoms. The quantitative estimate of drug-likeness (QED) is 0.511. The van der Waals surface area contributed by atoms with E-state index in [1.165, 1.54) is 0 Å². The number of benzene rings is 3. The summed E-state index contributed by atoms with van der Waals surface area (Å²) in [7, 11) is 0. The second-order valence-corrected chi connectivity index (χ2v) is 8.61. The highest BCUT2D eigenvalue weighted by Crippen LogP contribution is 2.35. The Labute approximate surface area is 189 Å². The Hall–Kier alpha value is -2.34. The van der Waals surface area contributed by atoms with Crippen molar-refractivity contribution in [2.75, 3.05) is 18.5 Å². The summed E-state index contributed by atoms with van der Waals surface area (Å²) < 4.78 is 6.33.